The average molecular weight is 558 g/mol. The molecule has 7 nitrogen and oxygen atoms in total. The fourth-order valence-electron chi connectivity index (χ4n) is 5.71. The number of nitrogens with zero attached hydrogens (tertiary/aromatic N) is 5. The summed E-state index contributed by atoms with van der Waals surface area (Å²) in [7, 11) is 3.38. The topological polar surface area (TPSA) is 57.3 Å². The maximum Gasteiger partial charge on any atom is 0.181 e. The van der Waals surface area contributed by atoms with Gasteiger partial charge in [0.1, 0.15) is 18.0 Å². The molecule has 1 aliphatic heterocycles. The van der Waals surface area contributed by atoms with E-state index < -0.39 is 0 Å². The lowest BCUT2D eigenvalue weighted by molar-refractivity contribution is 0.191. The van der Waals surface area contributed by atoms with E-state index in [1.165, 1.54) is 42.3 Å². The molecule has 6 rings (SSSR count). The highest BCUT2D eigenvalue weighted by molar-refractivity contribution is 5.89. The van der Waals surface area contributed by atoms with Crippen LogP contribution in [-0.4, -0.2) is 57.6 Å². The Morgan fingerprint density at radius 3 is 2.44 bits per heavy atom. The Hall–Kier alpha value is -4.24. The van der Waals surface area contributed by atoms with Crippen molar-refractivity contribution in [3.63, 3.8) is 0 Å². The van der Waals surface area contributed by atoms with Gasteiger partial charge in [-0.3, -0.25) is 4.68 Å². The van der Waals surface area contributed by atoms with Crippen LogP contribution >= 0.6 is 0 Å². The molecule has 212 valence electrons. The second kappa shape index (κ2) is 11.7. The van der Waals surface area contributed by atoms with Gasteiger partial charge in [-0.2, -0.15) is 5.10 Å². The van der Waals surface area contributed by atoms with Crippen molar-refractivity contribution in [1.29, 1.82) is 0 Å². The molecule has 3 aromatic carbocycles. The van der Waals surface area contributed by atoms with Gasteiger partial charge in [0.15, 0.2) is 17.3 Å². The zero-order chi connectivity index (χ0) is 28.3. The maximum absolute atomic E-state index is 13.7. The first kappa shape index (κ1) is 27.0. The third-order valence-corrected chi connectivity index (χ3v) is 7.83. The molecule has 0 radical (unpaired) electrons. The van der Waals surface area contributed by atoms with Crippen LogP contribution in [0.15, 0.2) is 73.2 Å². The van der Waals surface area contributed by atoms with E-state index in [2.05, 4.69) is 37.9 Å². The number of likely N-dealkylation sites (tertiary alicyclic amines) is 1. The van der Waals surface area contributed by atoms with Crippen LogP contribution in [0, 0.1) is 11.6 Å². The Morgan fingerprint density at radius 1 is 0.927 bits per heavy atom. The van der Waals surface area contributed by atoms with Crippen LogP contribution in [0.3, 0.4) is 0 Å². The van der Waals surface area contributed by atoms with Gasteiger partial charge in [0.2, 0.25) is 0 Å². The van der Waals surface area contributed by atoms with E-state index in [9.17, 15) is 8.78 Å². The number of hydrogen-bond donors (Lipinski definition) is 0. The van der Waals surface area contributed by atoms with E-state index in [4.69, 9.17) is 9.47 Å². The lowest BCUT2D eigenvalue weighted by atomic mass is 9.89. The van der Waals surface area contributed by atoms with Crippen molar-refractivity contribution in [2.45, 2.75) is 25.2 Å². The minimum atomic E-state index is -0.345. The van der Waals surface area contributed by atoms with Gasteiger partial charge >= 0.3 is 0 Å². The fraction of sp³-hybridized carbons (Fsp3) is 0.312. The van der Waals surface area contributed by atoms with Gasteiger partial charge in [0.25, 0.3) is 0 Å². The summed E-state index contributed by atoms with van der Waals surface area (Å²) in [5, 5.41) is 5.68. The standard InChI is InChI=1S/C32H33F2N5O2/c1-37-21-35-32(36-37)23-4-10-29-27(18-23)28(20-39(29)26-8-5-24(33)6-9-26)22-12-15-38(16-13-22)14-3-17-41-30-11-7-25(34)19-31(30)40-2/h4-11,18-22H,3,12-17H2,1-2H3. The predicted molar refractivity (Wildman–Crippen MR) is 155 cm³/mol. The molecule has 0 aliphatic carbocycles. The average Bonchev–Trinajstić information content (AvgIpc) is 3.60. The molecule has 0 saturated carbocycles. The van der Waals surface area contributed by atoms with E-state index in [0.717, 1.165) is 55.7 Å². The summed E-state index contributed by atoms with van der Waals surface area (Å²) in [6.45, 7) is 3.46. The molecule has 0 N–H and O–H groups in total. The number of hydrogen-bond acceptors (Lipinski definition) is 5. The molecule has 41 heavy (non-hydrogen) atoms. The molecule has 0 bridgehead atoms. The minimum absolute atomic E-state index is 0.247. The summed E-state index contributed by atoms with van der Waals surface area (Å²) in [5.74, 6) is 1.48. The summed E-state index contributed by atoms with van der Waals surface area (Å²) in [6, 6.07) is 17.3. The summed E-state index contributed by atoms with van der Waals surface area (Å²) in [4.78, 5) is 6.93. The number of piperidine rings is 1. The Morgan fingerprint density at radius 2 is 1.71 bits per heavy atom. The van der Waals surface area contributed by atoms with Gasteiger partial charge in [-0.15, -0.1) is 0 Å². The van der Waals surface area contributed by atoms with Crippen molar-refractivity contribution < 1.29 is 18.3 Å². The first-order valence-electron chi connectivity index (χ1n) is 13.9. The van der Waals surface area contributed by atoms with Crippen LogP contribution in [0.25, 0.3) is 28.0 Å². The van der Waals surface area contributed by atoms with Crippen molar-refractivity contribution in [2.75, 3.05) is 33.4 Å². The van der Waals surface area contributed by atoms with Crippen LogP contribution in [-0.2, 0) is 7.05 Å². The van der Waals surface area contributed by atoms with Gasteiger partial charge in [0, 0.05) is 42.5 Å². The highest BCUT2D eigenvalue weighted by atomic mass is 19.1. The van der Waals surface area contributed by atoms with E-state index in [1.54, 1.807) is 17.1 Å². The molecule has 2 aromatic heterocycles. The second-order valence-corrected chi connectivity index (χ2v) is 10.5. The highest BCUT2D eigenvalue weighted by Gasteiger charge is 2.24. The largest absolute Gasteiger partial charge is 0.493 e. The number of benzene rings is 3. The van der Waals surface area contributed by atoms with Crippen molar-refractivity contribution in [2.24, 2.45) is 7.05 Å². The molecule has 1 aliphatic rings. The Labute approximate surface area is 237 Å². The van der Waals surface area contributed by atoms with E-state index in [0.29, 0.717) is 29.8 Å². The van der Waals surface area contributed by atoms with Crippen LogP contribution < -0.4 is 9.47 Å². The molecular weight excluding hydrogens is 524 g/mol. The van der Waals surface area contributed by atoms with Crippen molar-refractivity contribution >= 4 is 10.9 Å². The SMILES string of the molecule is COc1cc(F)ccc1OCCCN1CCC(c2cn(-c3ccc(F)cc3)c3ccc(-c4ncn(C)n4)cc23)CC1. The van der Waals surface area contributed by atoms with E-state index in [1.807, 2.05) is 25.2 Å². The predicted octanol–water partition coefficient (Wildman–Crippen LogP) is 6.36. The molecule has 3 heterocycles. The highest BCUT2D eigenvalue weighted by Crippen LogP contribution is 2.37. The van der Waals surface area contributed by atoms with Crippen LogP contribution in [0.2, 0.25) is 0 Å². The second-order valence-electron chi connectivity index (χ2n) is 10.5. The Balaban J connectivity index is 1.16. The number of methoxy groups -OCH3 is 1. The first-order chi connectivity index (χ1) is 20.0. The molecule has 0 spiro atoms. The van der Waals surface area contributed by atoms with E-state index in [-0.39, 0.29) is 11.6 Å². The molecule has 1 fully saturated rings. The molecule has 0 atom stereocenters. The number of fused-ring (bicyclic) bond motifs is 1. The molecular formula is C32H33F2N5O2. The fourth-order valence-corrected chi connectivity index (χ4v) is 5.71. The third kappa shape index (κ3) is 5.81. The van der Waals surface area contributed by atoms with Gasteiger partial charge in [-0.05, 0) is 98.4 Å². The lowest BCUT2D eigenvalue weighted by Crippen LogP contribution is -2.34. The molecule has 0 amide bonds. The summed E-state index contributed by atoms with van der Waals surface area (Å²) in [5.41, 5.74) is 4.29. The van der Waals surface area contributed by atoms with Gasteiger partial charge < -0.3 is 18.9 Å². The van der Waals surface area contributed by atoms with Gasteiger partial charge in [-0.25, -0.2) is 13.8 Å². The number of aryl methyl sites for hydroxylation is 1. The van der Waals surface area contributed by atoms with Crippen LogP contribution in [0.4, 0.5) is 8.78 Å². The maximum atomic E-state index is 13.7. The number of halogens is 2. The summed E-state index contributed by atoms with van der Waals surface area (Å²) in [6.07, 6.45) is 6.89. The van der Waals surface area contributed by atoms with Crippen LogP contribution in [0.1, 0.15) is 30.7 Å². The monoisotopic (exact) mass is 557 g/mol. The number of aromatic nitrogens is 4. The zero-order valence-corrected chi connectivity index (χ0v) is 23.3. The van der Waals surface area contributed by atoms with Crippen LogP contribution in [0.5, 0.6) is 11.5 Å². The smallest absolute Gasteiger partial charge is 0.181 e. The van der Waals surface area contributed by atoms with Crippen molar-refractivity contribution in [3.05, 3.63) is 90.4 Å². The quantitative estimate of drug-likeness (QED) is 0.197. The normalized spacial score (nSPS) is 14.5. The summed E-state index contributed by atoms with van der Waals surface area (Å²) < 4.78 is 42.1. The van der Waals surface area contributed by atoms with Gasteiger partial charge in [-0.1, -0.05) is 0 Å². The lowest BCUT2D eigenvalue weighted by Gasteiger charge is -2.32. The summed E-state index contributed by atoms with van der Waals surface area (Å²) >= 11 is 0. The molecule has 5 aromatic rings. The minimum Gasteiger partial charge on any atom is -0.493 e. The number of rotatable bonds is 9. The molecule has 1 saturated heterocycles. The van der Waals surface area contributed by atoms with Crippen molar-refractivity contribution in [1.82, 2.24) is 24.2 Å². The van der Waals surface area contributed by atoms with E-state index >= 15 is 0 Å². The Kier molecular flexibility index (Phi) is 7.69. The first-order valence-corrected chi connectivity index (χ1v) is 13.9. The van der Waals surface area contributed by atoms with Gasteiger partial charge in [0.05, 0.1) is 19.2 Å². The van der Waals surface area contributed by atoms with Crippen molar-refractivity contribution in [3.8, 4) is 28.6 Å². The zero-order valence-electron chi connectivity index (χ0n) is 23.3. The molecule has 0 unspecified atom stereocenters. The molecule has 9 heteroatoms. The number of ether oxygens (including phenoxy) is 2. The third-order valence-electron chi connectivity index (χ3n) is 7.83. The Bertz CT molecular complexity index is 1640.